The van der Waals surface area contributed by atoms with Crippen LogP contribution in [0.15, 0.2) is 24.3 Å². The molecule has 1 aromatic rings. The third-order valence-electron chi connectivity index (χ3n) is 3.05. The van der Waals surface area contributed by atoms with Gasteiger partial charge in [-0.05, 0) is 30.5 Å². The average molecular weight is 260 g/mol. The van der Waals surface area contributed by atoms with Crippen LogP contribution in [0.2, 0.25) is 0 Å². The van der Waals surface area contributed by atoms with Crippen molar-refractivity contribution in [3.05, 3.63) is 35.4 Å². The molecular formula is C12H11F3O3. The van der Waals surface area contributed by atoms with Crippen LogP contribution in [-0.2, 0) is 21.3 Å². The molecule has 18 heavy (non-hydrogen) atoms. The first-order chi connectivity index (χ1) is 8.36. The van der Waals surface area contributed by atoms with Crippen molar-refractivity contribution < 1.29 is 27.8 Å². The van der Waals surface area contributed by atoms with Gasteiger partial charge in [-0.2, -0.15) is 13.2 Å². The van der Waals surface area contributed by atoms with Gasteiger partial charge in [0.05, 0.1) is 5.56 Å². The highest BCUT2D eigenvalue weighted by Gasteiger charge is 2.45. The zero-order chi connectivity index (χ0) is 13.4. The van der Waals surface area contributed by atoms with Crippen molar-refractivity contribution in [1.29, 1.82) is 0 Å². The summed E-state index contributed by atoms with van der Waals surface area (Å²) in [7, 11) is 0. The van der Waals surface area contributed by atoms with E-state index in [1.54, 1.807) is 0 Å². The summed E-state index contributed by atoms with van der Waals surface area (Å²) < 4.78 is 42.4. The third-order valence-corrected chi connectivity index (χ3v) is 3.05. The SMILES string of the molecule is O=C(O)C1(c2ccc(C(F)(F)F)cc2)CCCO1. The summed E-state index contributed by atoms with van der Waals surface area (Å²) in [4.78, 5) is 11.3. The van der Waals surface area contributed by atoms with Gasteiger partial charge in [0.15, 0.2) is 5.60 Å². The quantitative estimate of drug-likeness (QED) is 0.889. The number of rotatable bonds is 2. The number of benzene rings is 1. The summed E-state index contributed by atoms with van der Waals surface area (Å²) in [5.41, 5.74) is -2.05. The number of carbonyl (C=O) groups is 1. The molecular weight excluding hydrogens is 249 g/mol. The molecule has 0 radical (unpaired) electrons. The highest BCUT2D eigenvalue weighted by molar-refractivity contribution is 5.79. The highest BCUT2D eigenvalue weighted by Crippen LogP contribution is 2.38. The van der Waals surface area contributed by atoms with Crippen LogP contribution in [0.25, 0.3) is 0 Å². The fraction of sp³-hybridized carbons (Fsp3) is 0.417. The summed E-state index contributed by atoms with van der Waals surface area (Å²) in [5.74, 6) is -1.17. The van der Waals surface area contributed by atoms with Gasteiger partial charge in [-0.1, -0.05) is 12.1 Å². The van der Waals surface area contributed by atoms with Gasteiger partial charge >= 0.3 is 12.1 Å². The van der Waals surface area contributed by atoms with E-state index in [0.29, 0.717) is 13.0 Å². The van der Waals surface area contributed by atoms with Crippen LogP contribution >= 0.6 is 0 Å². The fourth-order valence-corrected chi connectivity index (χ4v) is 2.09. The molecule has 1 atom stereocenters. The predicted octanol–water partition coefficient (Wildman–Crippen LogP) is 2.80. The normalized spacial score (nSPS) is 24.2. The van der Waals surface area contributed by atoms with Gasteiger partial charge in [0.1, 0.15) is 0 Å². The first-order valence-corrected chi connectivity index (χ1v) is 5.41. The topological polar surface area (TPSA) is 46.5 Å². The molecule has 2 rings (SSSR count). The van der Waals surface area contributed by atoms with E-state index in [-0.39, 0.29) is 12.0 Å². The van der Waals surface area contributed by atoms with Crippen LogP contribution in [0.5, 0.6) is 0 Å². The maximum Gasteiger partial charge on any atom is 0.416 e. The minimum absolute atomic E-state index is 0.250. The molecule has 1 aromatic carbocycles. The van der Waals surface area contributed by atoms with E-state index < -0.39 is 23.3 Å². The Balaban J connectivity index is 2.36. The minimum Gasteiger partial charge on any atom is -0.479 e. The number of carboxylic acids is 1. The Morgan fingerprint density at radius 3 is 2.28 bits per heavy atom. The Morgan fingerprint density at radius 2 is 1.89 bits per heavy atom. The third kappa shape index (κ3) is 2.08. The Kier molecular flexibility index (Phi) is 3.06. The summed E-state index contributed by atoms with van der Waals surface area (Å²) in [6.07, 6.45) is -3.58. The molecule has 1 saturated heterocycles. The average Bonchev–Trinajstić information content (AvgIpc) is 2.78. The van der Waals surface area contributed by atoms with E-state index >= 15 is 0 Å². The van der Waals surface area contributed by atoms with Crippen molar-refractivity contribution in [3.8, 4) is 0 Å². The summed E-state index contributed by atoms with van der Waals surface area (Å²) >= 11 is 0. The van der Waals surface area contributed by atoms with Crippen LogP contribution < -0.4 is 0 Å². The lowest BCUT2D eigenvalue weighted by molar-refractivity contribution is -0.161. The van der Waals surface area contributed by atoms with E-state index in [2.05, 4.69) is 0 Å². The Labute approximate surface area is 101 Å². The summed E-state index contributed by atoms with van der Waals surface area (Å²) in [6, 6.07) is 4.09. The van der Waals surface area contributed by atoms with Crippen molar-refractivity contribution >= 4 is 5.97 Å². The summed E-state index contributed by atoms with van der Waals surface area (Å²) in [6.45, 7) is 0.299. The molecule has 0 aliphatic carbocycles. The molecule has 3 nitrogen and oxygen atoms in total. The molecule has 1 aliphatic heterocycles. The second-order valence-corrected chi connectivity index (χ2v) is 4.16. The van der Waals surface area contributed by atoms with E-state index in [9.17, 15) is 23.1 Å². The molecule has 1 fully saturated rings. The first kappa shape index (κ1) is 12.9. The monoisotopic (exact) mass is 260 g/mol. The molecule has 98 valence electrons. The molecule has 1 aliphatic rings. The van der Waals surface area contributed by atoms with Crippen molar-refractivity contribution in [3.63, 3.8) is 0 Å². The van der Waals surface area contributed by atoms with Gasteiger partial charge < -0.3 is 9.84 Å². The van der Waals surface area contributed by atoms with Crippen LogP contribution in [0, 0.1) is 0 Å². The number of aliphatic carboxylic acids is 1. The second-order valence-electron chi connectivity index (χ2n) is 4.16. The second kappa shape index (κ2) is 4.28. The largest absolute Gasteiger partial charge is 0.479 e. The van der Waals surface area contributed by atoms with Crippen molar-refractivity contribution in [2.45, 2.75) is 24.6 Å². The Hall–Kier alpha value is -1.56. The predicted molar refractivity (Wildman–Crippen MR) is 55.9 cm³/mol. The number of ether oxygens (including phenoxy) is 1. The molecule has 1 N–H and O–H groups in total. The van der Waals surface area contributed by atoms with Crippen LogP contribution in [0.1, 0.15) is 24.0 Å². The molecule has 1 unspecified atom stereocenters. The molecule has 0 saturated carbocycles. The van der Waals surface area contributed by atoms with E-state index in [1.807, 2.05) is 0 Å². The minimum atomic E-state index is -4.43. The van der Waals surface area contributed by atoms with Crippen molar-refractivity contribution in [2.75, 3.05) is 6.61 Å². The maximum atomic E-state index is 12.4. The standard InChI is InChI=1S/C12H11F3O3/c13-12(14,15)9-4-2-8(3-5-9)11(10(16)17)6-1-7-18-11/h2-5H,1,6-7H2,(H,16,17). The van der Waals surface area contributed by atoms with Gasteiger partial charge in [-0.15, -0.1) is 0 Å². The van der Waals surface area contributed by atoms with Crippen LogP contribution in [-0.4, -0.2) is 17.7 Å². The number of alkyl halides is 3. The van der Waals surface area contributed by atoms with Gasteiger partial charge in [0.2, 0.25) is 0 Å². The molecule has 0 spiro atoms. The van der Waals surface area contributed by atoms with Crippen molar-refractivity contribution in [1.82, 2.24) is 0 Å². The lowest BCUT2D eigenvalue weighted by Gasteiger charge is -2.24. The molecule has 0 aromatic heterocycles. The molecule has 1 heterocycles. The lowest BCUT2D eigenvalue weighted by Crippen LogP contribution is -2.34. The van der Waals surface area contributed by atoms with Crippen LogP contribution in [0.4, 0.5) is 13.2 Å². The zero-order valence-electron chi connectivity index (χ0n) is 9.33. The summed E-state index contributed by atoms with van der Waals surface area (Å²) in [5, 5.41) is 9.20. The molecule has 6 heteroatoms. The van der Waals surface area contributed by atoms with E-state index in [0.717, 1.165) is 12.1 Å². The molecule has 0 amide bonds. The number of hydrogen-bond donors (Lipinski definition) is 1. The fourth-order valence-electron chi connectivity index (χ4n) is 2.09. The number of halogens is 3. The lowest BCUT2D eigenvalue weighted by atomic mass is 9.90. The van der Waals surface area contributed by atoms with Gasteiger partial charge in [0, 0.05) is 6.61 Å². The van der Waals surface area contributed by atoms with Crippen LogP contribution in [0.3, 0.4) is 0 Å². The highest BCUT2D eigenvalue weighted by atomic mass is 19.4. The number of hydrogen-bond acceptors (Lipinski definition) is 2. The maximum absolute atomic E-state index is 12.4. The van der Waals surface area contributed by atoms with E-state index in [4.69, 9.17) is 4.74 Å². The first-order valence-electron chi connectivity index (χ1n) is 5.41. The van der Waals surface area contributed by atoms with Gasteiger partial charge in [0.25, 0.3) is 0 Å². The van der Waals surface area contributed by atoms with Gasteiger partial charge in [-0.25, -0.2) is 4.79 Å². The van der Waals surface area contributed by atoms with Crippen molar-refractivity contribution in [2.24, 2.45) is 0 Å². The van der Waals surface area contributed by atoms with Gasteiger partial charge in [-0.3, -0.25) is 0 Å². The number of carboxylic acid groups (broad SMARTS) is 1. The smallest absolute Gasteiger partial charge is 0.416 e. The zero-order valence-corrected chi connectivity index (χ0v) is 9.33. The molecule has 0 bridgehead atoms. The Morgan fingerprint density at radius 1 is 1.28 bits per heavy atom. The van der Waals surface area contributed by atoms with E-state index in [1.165, 1.54) is 12.1 Å². The Bertz CT molecular complexity index is 445.